The van der Waals surface area contributed by atoms with Crippen LogP contribution in [-0.2, 0) is 16.1 Å². The van der Waals surface area contributed by atoms with Crippen molar-refractivity contribution >= 4 is 12.0 Å². The van der Waals surface area contributed by atoms with Crippen LogP contribution in [0.5, 0.6) is 5.75 Å². The van der Waals surface area contributed by atoms with Crippen LogP contribution in [0.1, 0.15) is 83.6 Å². The Labute approximate surface area is 226 Å². The van der Waals surface area contributed by atoms with Crippen LogP contribution in [0.15, 0.2) is 24.3 Å². The fourth-order valence-electron chi connectivity index (χ4n) is 7.57. The number of methoxy groups -OCH3 is 1. The highest BCUT2D eigenvalue weighted by atomic mass is 16.6. The van der Waals surface area contributed by atoms with Gasteiger partial charge in [0, 0.05) is 24.4 Å². The van der Waals surface area contributed by atoms with Crippen molar-refractivity contribution in [1.82, 2.24) is 10.6 Å². The topological polar surface area (TPSA) is 117 Å². The molecule has 0 heterocycles. The van der Waals surface area contributed by atoms with Gasteiger partial charge >= 0.3 is 6.09 Å². The van der Waals surface area contributed by atoms with Gasteiger partial charge in [-0.15, -0.1) is 0 Å². The van der Waals surface area contributed by atoms with Crippen molar-refractivity contribution in [3.8, 4) is 5.75 Å². The molecule has 1 aromatic rings. The highest BCUT2D eigenvalue weighted by Crippen LogP contribution is 2.61. The molecule has 6 atom stereocenters. The fraction of sp³-hybridized carbons (Fsp3) is 0.733. The number of carbonyl (C=O) groups excluding carboxylic acids is 2. The molecule has 0 aromatic heterocycles. The molecule has 0 bridgehead atoms. The van der Waals surface area contributed by atoms with E-state index >= 15 is 0 Å². The number of alkyl carbamates (subject to hydrolysis) is 1. The van der Waals surface area contributed by atoms with Gasteiger partial charge in [-0.25, -0.2) is 4.79 Å². The Morgan fingerprint density at radius 3 is 2.39 bits per heavy atom. The molecule has 0 radical (unpaired) electrons. The maximum Gasteiger partial charge on any atom is 0.407 e. The summed E-state index contributed by atoms with van der Waals surface area (Å²) in [6.07, 6.45) is 6.88. The number of hydrogen-bond acceptors (Lipinski definition) is 6. The molecule has 8 heteroatoms. The van der Waals surface area contributed by atoms with Gasteiger partial charge in [0.25, 0.3) is 0 Å². The third-order valence-electron chi connectivity index (χ3n) is 9.91. The molecule has 3 aliphatic rings. The second-order valence-corrected chi connectivity index (χ2v) is 12.2. The number of carbonyl (C=O) groups is 2. The molecule has 0 aliphatic heterocycles. The van der Waals surface area contributed by atoms with Gasteiger partial charge in [0.2, 0.25) is 5.91 Å². The van der Waals surface area contributed by atoms with E-state index in [1.165, 1.54) is 6.42 Å². The van der Waals surface area contributed by atoms with Crippen LogP contribution < -0.4 is 15.4 Å². The minimum Gasteiger partial charge on any atom is -0.497 e. The van der Waals surface area contributed by atoms with Crippen molar-refractivity contribution in [3.63, 3.8) is 0 Å². The van der Waals surface area contributed by atoms with E-state index < -0.39 is 23.7 Å². The fourth-order valence-corrected chi connectivity index (χ4v) is 7.57. The van der Waals surface area contributed by atoms with E-state index in [4.69, 9.17) is 9.47 Å². The lowest BCUT2D eigenvalue weighted by molar-refractivity contribution is -0.186. The van der Waals surface area contributed by atoms with Crippen LogP contribution in [0.25, 0.3) is 0 Å². The van der Waals surface area contributed by atoms with Gasteiger partial charge < -0.3 is 30.3 Å². The molecule has 38 heavy (non-hydrogen) atoms. The highest BCUT2D eigenvalue weighted by Gasteiger charge is 2.60. The molecule has 0 unspecified atom stereocenters. The third-order valence-corrected chi connectivity index (χ3v) is 9.91. The summed E-state index contributed by atoms with van der Waals surface area (Å²) in [6.45, 7) is 4.45. The summed E-state index contributed by atoms with van der Waals surface area (Å²) < 4.78 is 11.2. The molecule has 3 fully saturated rings. The summed E-state index contributed by atoms with van der Waals surface area (Å²) >= 11 is 0. The van der Waals surface area contributed by atoms with Gasteiger partial charge in [-0.2, -0.15) is 0 Å². The Morgan fingerprint density at radius 2 is 1.74 bits per heavy atom. The SMILES string of the molecule is COc1ccc(CNC(=O)C[C@@H]2[C@H](O)CC[C@@H]3[C@](C)(CO)[C@H](OC(=O)NC4CCCCC4)CC[C@]32C)cc1. The van der Waals surface area contributed by atoms with Crippen LogP contribution in [-0.4, -0.2) is 54.2 Å². The summed E-state index contributed by atoms with van der Waals surface area (Å²) in [5.41, 5.74) is -0.0225. The second kappa shape index (κ2) is 12.2. The van der Waals surface area contributed by atoms with Gasteiger partial charge in [0.05, 0.1) is 19.8 Å². The lowest BCUT2D eigenvalue weighted by Gasteiger charge is -2.60. The highest BCUT2D eigenvalue weighted by molar-refractivity contribution is 5.76. The number of nitrogens with one attached hydrogen (secondary N) is 2. The summed E-state index contributed by atoms with van der Waals surface area (Å²) in [7, 11) is 1.62. The maximum absolute atomic E-state index is 13.0. The summed E-state index contributed by atoms with van der Waals surface area (Å²) in [4.78, 5) is 25.8. The second-order valence-electron chi connectivity index (χ2n) is 12.2. The van der Waals surface area contributed by atoms with Gasteiger partial charge in [-0.05, 0) is 73.5 Å². The van der Waals surface area contributed by atoms with E-state index in [-0.39, 0.29) is 42.2 Å². The summed E-state index contributed by atoms with van der Waals surface area (Å²) in [5, 5.41) is 27.7. The lowest BCUT2D eigenvalue weighted by Crippen LogP contribution is -2.61. The maximum atomic E-state index is 13.0. The molecule has 0 saturated heterocycles. The van der Waals surface area contributed by atoms with Crippen molar-refractivity contribution in [2.75, 3.05) is 13.7 Å². The first-order chi connectivity index (χ1) is 18.2. The zero-order chi connectivity index (χ0) is 27.3. The van der Waals surface area contributed by atoms with E-state index in [2.05, 4.69) is 17.6 Å². The third kappa shape index (κ3) is 6.12. The Hall–Kier alpha value is -2.32. The number of rotatable bonds is 8. The molecule has 3 saturated carbocycles. The molecule has 8 nitrogen and oxygen atoms in total. The van der Waals surface area contributed by atoms with E-state index in [1.54, 1.807) is 7.11 Å². The normalized spacial score (nSPS) is 33.6. The van der Waals surface area contributed by atoms with Crippen LogP contribution in [0.2, 0.25) is 0 Å². The molecule has 212 valence electrons. The molecule has 4 rings (SSSR count). The summed E-state index contributed by atoms with van der Waals surface area (Å²) in [5.74, 6) is 0.453. The predicted octanol–water partition coefficient (Wildman–Crippen LogP) is 4.31. The Morgan fingerprint density at radius 1 is 1.03 bits per heavy atom. The standard InChI is InChI=1S/C30H46N2O6/c1-29-16-15-26(38-28(36)32-21-7-5-4-6-8-21)30(2,19-33)25(29)14-13-24(34)23(29)17-27(35)31-18-20-9-11-22(37-3)12-10-20/h9-12,21,23-26,33-34H,4-8,13-19H2,1-3H3,(H,31,35)(H,32,36)/t23-,24-,25+,26-,29+,30+/m1/s1. The van der Waals surface area contributed by atoms with Crippen molar-refractivity contribution in [2.45, 2.75) is 103 Å². The molecule has 4 N–H and O–H groups in total. The average molecular weight is 531 g/mol. The molecule has 1 aromatic carbocycles. The number of amides is 2. The number of benzene rings is 1. The zero-order valence-electron chi connectivity index (χ0n) is 23.2. The molecular formula is C30H46N2O6. The number of aliphatic hydroxyl groups excluding tert-OH is 2. The first-order valence-electron chi connectivity index (χ1n) is 14.4. The number of hydrogen-bond donors (Lipinski definition) is 4. The van der Waals surface area contributed by atoms with Gasteiger partial charge in [0.15, 0.2) is 0 Å². The smallest absolute Gasteiger partial charge is 0.407 e. The minimum atomic E-state index is -0.644. The van der Waals surface area contributed by atoms with Crippen LogP contribution in [0.3, 0.4) is 0 Å². The monoisotopic (exact) mass is 530 g/mol. The zero-order valence-corrected chi connectivity index (χ0v) is 23.2. The van der Waals surface area contributed by atoms with E-state index in [9.17, 15) is 19.8 Å². The van der Waals surface area contributed by atoms with E-state index in [0.29, 0.717) is 19.4 Å². The molecular weight excluding hydrogens is 484 g/mol. The summed E-state index contributed by atoms with van der Waals surface area (Å²) in [6, 6.07) is 7.73. The van der Waals surface area contributed by atoms with Gasteiger partial charge in [-0.3, -0.25) is 4.79 Å². The van der Waals surface area contributed by atoms with Crippen molar-refractivity contribution in [1.29, 1.82) is 0 Å². The quantitative estimate of drug-likeness (QED) is 0.398. The number of fused-ring (bicyclic) bond motifs is 1. The van der Waals surface area contributed by atoms with Crippen LogP contribution >= 0.6 is 0 Å². The Bertz CT molecular complexity index is 949. The molecule has 0 spiro atoms. The Kier molecular flexibility index (Phi) is 9.24. The first kappa shape index (κ1) is 28.7. The number of aliphatic hydroxyl groups is 2. The van der Waals surface area contributed by atoms with Crippen molar-refractivity contribution in [2.24, 2.45) is 22.7 Å². The lowest BCUT2D eigenvalue weighted by atomic mass is 9.46. The van der Waals surface area contributed by atoms with Gasteiger partial charge in [0.1, 0.15) is 11.9 Å². The van der Waals surface area contributed by atoms with Crippen LogP contribution in [0, 0.1) is 22.7 Å². The van der Waals surface area contributed by atoms with Crippen LogP contribution in [0.4, 0.5) is 4.79 Å². The largest absolute Gasteiger partial charge is 0.497 e. The van der Waals surface area contributed by atoms with E-state index in [0.717, 1.165) is 49.8 Å². The minimum absolute atomic E-state index is 0.0176. The Balaban J connectivity index is 1.40. The number of ether oxygens (including phenoxy) is 2. The van der Waals surface area contributed by atoms with Crippen molar-refractivity contribution in [3.05, 3.63) is 29.8 Å². The average Bonchev–Trinajstić information content (AvgIpc) is 2.92. The molecule has 2 amide bonds. The van der Waals surface area contributed by atoms with Gasteiger partial charge in [-0.1, -0.05) is 45.2 Å². The molecule has 3 aliphatic carbocycles. The van der Waals surface area contributed by atoms with Crippen molar-refractivity contribution < 1.29 is 29.3 Å². The first-order valence-corrected chi connectivity index (χ1v) is 14.4. The predicted molar refractivity (Wildman–Crippen MR) is 144 cm³/mol. The van der Waals surface area contributed by atoms with E-state index in [1.807, 2.05) is 31.2 Å².